The largest absolute Gasteiger partial charge is 0.397 e. The number of nitrogens with one attached hydrogen (secondary N) is 2. The van der Waals surface area contributed by atoms with Gasteiger partial charge in [-0.1, -0.05) is 17.3 Å². The number of aryl methyl sites for hydroxylation is 1. The monoisotopic (exact) mass is 284 g/mol. The van der Waals surface area contributed by atoms with Gasteiger partial charge in [0.1, 0.15) is 5.69 Å². The quantitative estimate of drug-likeness (QED) is 0.483. The highest BCUT2D eigenvalue weighted by molar-refractivity contribution is 6.00. The van der Waals surface area contributed by atoms with E-state index in [4.69, 9.17) is 5.73 Å². The molecule has 2 heterocycles. The van der Waals surface area contributed by atoms with Gasteiger partial charge in [0.15, 0.2) is 0 Å². The predicted molar refractivity (Wildman–Crippen MR) is 79.7 cm³/mol. The fourth-order valence-electron chi connectivity index (χ4n) is 2.19. The van der Waals surface area contributed by atoms with Gasteiger partial charge in [-0.05, 0) is 18.6 Å². The van der Waals surface area contributed by atoms with Crippen LogP contribution in [-0.4, -0.2) is 32.4 Å². The van der Waals surface area contributed by atoms with Crippen LogP contribution in [0, 0.1) is 0 Å². The molecule has 0 spiro atoms. The lowest BCUT2D eigenvalue weighted by atomic mass is 10.2. The average molecular weight is 284 g/mol. The summed E-state index contributed by atoms with van der Waals surface area (Å²) in [5, 5.41) is 11.4. The van der Waals surface area contributed by atoms with Crippen molar-refractivity contribution < 1.29 is 4.79 Å². The third-order valence-corrected chi connectivity index (χ3v) is 3.25. The van der Waals surface area contributed by atoms with Crippen LogP contribution in [0.25, 0.3) is 10.9 Å². The van der Waals surface area contributed by atoms with Crippen LogP contribution in [0.5, 0.6) is 0 Å². The van der Waals surface area contributed by atoms with E-state index in [2.05, 4.69) is 20.6 Å². The third-order valence-electron chi connectivity index (χ3n) is 3.25. The molecule has 0 saturated heterocycles. The van der Waals surface area contributed by atoms with Gasteiger partial charge in [-0.3, -0.25) is 9.48 Å². The number of carbonyl (C=O) groups excluding carboxylic acids is 1. The third kappa shape index (κ3) is 2.86. The first-order valence-corrected chi connectivity index (χ1v) is 6.73. The zero-order valence-corrected chi connectivity index (χ0v) is 11.4. The summed E-state index contributed by atoms with van der Waals surface area (Å²) in [5.74, 6) is -0.135. The van der Waals surface area contributed by atoms with Crippen molar-refractivity contribution in [2.24, 2.45) is 0 Å². The fourth-order valence-corrected chi connectivity index (χ4v) is 2.19. The fraction of sp³-hybridized carbons (Fsp3) is 0.214. The summed E-state index contributed by atoms with van der Waals surface area (Å²) >= 11 is 0. The van der Waals surface area contributed by atoms with E-state index in [9.17, 15) is 4.79 Å². The molecule has 4 N–H and O–H groups in total. The molecule has 21 heavy (non-hydrogen) atoms. The SMILES string of the molecule is Nc1cccc2cc(C(=O)NCCCn3ccnn3)[nH]c12. The van der Waals surface area contributed by atoms with Crippen molar-refractivity contribution in [1.29, 1.82) is 0 Å². The number of nitrogens with zero attached hydrogens (tertiary/aromatic N) is 3. The van der Waals surface area contributed by atoms with Crippen molar-refractivity contribution in [3.63, 3.8) is 0 Å². The van der Waals surface area contributed by atoms with Gasteiger partial charge in [0, 0.05) is 24.7 Å². The van der Waals surface area contributed by atoms with Crippen molar-refractivity contribution in [1.82, 2.24) is 25.3 Å². The zero-order valence-electron chi connectivity index (χ0n) is 11.4. The Labute approximate surface area is 121 Å². The molecule has 2 aromatic heterocycles. The smallest absolute Gasteiger partial charge is 0.267 e. The minimum absolute atomic E-state index is 0.135. The van der Waals surface area contributed by atoms with Crippen molar-refractivity contribution in [2.45, 2.75) is 13.0 Å². The molecule has 7 heteroatoms. The molecule has 7 nitrogen and oxygen atoms in total. The number of nitrogens with two attached hydrogens (primary N) is 1. The van der Waals surface area contributed by atoms with Crippen LogP contribution in [0.15, 0.2) is 36.7 Å². The van der Waals surface area contributed by atoms with Gasteiger partial charge in [0.2, 0.25) is 0 Å². The lowest BCUT2D eigenvalue weighted by molar-refractivity contribution is 0.0948. The molecule has 0 aliphatic carbocycles. The van der Waals surface area contributed by atoms with E-state index in [1.54, 1.807) is 29.2 Å². The summed E-state index contributed by atoms with van der Waals surface area (Å²) in [6.45, 7) is 1.30. The number of rotatable bonds is 5. The Balaban J connectivity index is 1.58. The van der Waals surface area contributed by atoms with E-state index < -0.39 is 0 Å². The van der Waals surface area contributed by atoms with Gasteiger partial charge < -0.3 is 16.0 Å². The molecule has 3 aromatic rings. The van der Waals surface area contributed by atoms with E-state index in [0.717, 1.165) is 23.9 Å². The number of hydrogen-bond donors (Lipinski definition) is 3. The Hall–Kier alpha value is -2.83. The van der Waals surface area contributed by atoms with Gasteiger partial charge in [0.25, 0.3) is 5.91 Å². The molecule has 108 valence electrons. The Bertz CT molecular complexity index is 746. The molecule has 0 unspecified atom stereocenters. The molecule has 0 saturated carbocycles. The predicted octanol–water partition coefficient (Wildman–Crippen LogP) is 1.16. The first kappa shape index (κ1) is 13.2. The number of carbonyl (C=O) groups is 1. The van der Waals surface area contributed by atoms with Gasteiger partial charge in [-0.25, -0.2) is 0 Å². The van der Waals surface area contributed by atoms with E-state index in [-0.39, 0.29) is 5.91 Å². The molecule has 0 aliphatic rings. The second-order valence-corrected chi connectivity index (χ2v) is 4.77. The second-order valence-electron chi connectivity index (χ2n) is 4.77. The molecule has 0 radical (unpaired) electrons. The highest BCUT2D eigenvalue weighted by Gasteiger charge is 2.10. The number of hydrogen-bond acceptors (Lipinski definition) is 4. The van der Waals surface area contributed by atoms with E-state index in [1.165, 1.54) is 0 Å². The lowest BCUT2D eigenvalue weighted by Gasteiger charge is -2.03. The number of nitrogen functional groups attached to an aromatic ring is 1. The number of aromatic amines is 1. The molecule has 0 atom stereocenters. The minimum Gasteiger partial charge on any atom is -0.397 e. The van der Waals surface area contributed by atoms with E-state index in [1.807, 2.05) is 12.1 Å². The normalized spacial score (nSPS) is 10.9. The molecule has 0 bridgehead atoms. The van der Waals surface area contributed by atoms with Crippen LogP contribution < -0.4 is 11.1 Å². The summed E-state index contributed by atoms with van der Waals surface area (Å²) in [4.78, 5) is 15.1. The number of anilines is 1. The van der Waals surface area contributed by atoms with E-state index in [0.29, 0.717) is 17.9 Å². The summed E-state index contributed by atoms with van der Waals surface area (Å²) < 4.78 is 1.73. The van der Waals surface area contributed by atoms with Gasteiger partial charge >= 0.3 is 0 Å². The molecular formula is C14H16N6O. The van der Waals surface area contributed by atoms with Crippen LogP contribution in [0.2, 0.25) is 0 Å². The molecule has 1 aromatic carbocycles. The first-order chi connectivity index (χ1) is 10.2. The van der Waals surface area contributed by atoms with E-state index >= 15 is 0 Å². The highest BCUT2D eigenvalue weighted by atomic mass is 16.1. The number of benzene rings is 1. The Morgan fingerprint density at radius 2 is 2.33 bits per heavy atom. The second kappa shape index (κ2) is 5.66. The highest BCUT2D eigenvalue weighted by Crippen LogP contribution is 2.20. The molecule has 3 rings (SSSR count). The Morgan fingerprint density at radius 1 is 1.43 bits per heavy atom. The van der Waals surface area contributed by atoms with Crippen LogP contribution >= 0.6 is 0 Å². The zero-order chi connectivity index (χ0) is 14.7. The van der Waals surface area contributed by atoms with Crippen molar-refractivity contribution >= 4 is 22.5 Å². The summed E-state index contributed by atoms with van der Waals surface area (Å²) in [7, 11) is 0. The number of amides is 1. The van der Waals surface area contributed by atoms with Crippen molar-refractivity contribution in [3.05, 3.63) is 42.4 Å². The topological polar surface area (TPSA) is 102 Å². The van der Waals surface area contributed by atoms with Crippen LogP contribution in [0.4, 0.5) is 5.69 Å². The molecular weight excluding hydrogens is 268 g/mol. The van der Waals surface area contributed by atoms with Crippen LogP contribution in [0.1, 0.15) is 16.9 Å². The first-order valence-electron chi connectivity index (χ1n) is 6.73. The number of para-hydroxylation sites is 1. The Morgan fingerprint density at radius 3 is 3.10 bits per heavy atom. The summed E-state index contributed by atoms with van der Waals surface area (Å²) in [6, 6.07) is 7.39. The molecule has 1 amide bonds. The minimum atomic E-state index is -0.135. The standard InChI is InChI=1S/C14H16N6O/c15-11-4-1-3-10-9-12(18-13(10)11)14(21)16-5-2-7-20-8-6-17-19-20/h1,3-4,6,8-9,18H,2,5,7,15H2,(H,16,21). The molecule has 0 aliphatic heterocycles. The van der Waals surface area contributed by atoms with Crippen LogP contribution in [-0.2, 0) is 6.54 Å². The maximum Gasteiger partial charge on any atom is 0.267 e. The summed E-state index contributed by atoms with van der Waals surface area (Å²) in [5.41, 5.74) is 7.82. The lowest BCUT2D eigenvalue weighted by Crippen LogP contribution is -2.25. The van der Waals surface area contributed by atoms with Gasteiger partial charge in [0.05, 0.1) is 17.4 Å². The summed E-state index contributed by atoms with van der Waals surface area (Å²) in [6.07, 6.45) is 4.22. The van der Waals surface area contributed by atoms with Crippen LogP contribution in [0.3, 0.4) is 0 Å². The molecule has 0 fully saturated rings. The number of aromatic nitrogens is 4. The van der Waals surface area contributed by atoms with Crippen molar-refractivity contribution in [3.8, 4) is 0 Å². The van der Waals surface area contributed by atoms with Gasteiger partial charge in [-0.15, -0.1) is 5.10 Å². The Kier molecular flexibility index (Phi) is 3.55. The maximum absolute atomic E-state index is 12.1. The van der Waals surface area contributed by atoms with Crippen molar-refractivity contribution in [2.75, 3.05) is 12.3 Å². The average Bonchev–Trinajstić information content (AvgIpc) is 3.13. The number of H-pyrrole nitrogens is 1. The van der Waals surface area contributed by atoms with Gasteiger partial charge in [-0.2, -0.15) is 0 Å². The maximum atomic E-state index is 12.1. The number of fused-ring (bicyclic) bond motifs is 1.